The molecule has 0 atom stereocenters. The van der Waals surface area contributed by atoms with Gasteiger partial charge >= 0.3 is 0 Å². The summed E-state index contributed by atoms with van der Waals surface area (Å²) in [6, 6.07) is 3.11. The predicted octanol–water partition coefficient (Wildman–Crippen LogP) is 2.41. The Morgan fingerprint density at radius 1 is 1.17 bits per heavy atom. The van der Waals surface area contributed by atoms with Gasteiger partial charge in [0.25, 0.3) is 0 Å². The molecule has 0 fully saturated rings. The van der Waals surface area contributed by atoms with Crippen molar-refractivity contribution in [2.24, 2.45) is 0 Å². The Morgan fingerprint density at radius 2 is 1.75 bits per heavy atom. The van der Waals surface area contributed by atoms with Crippen LogP contribution >= 0.6 is 0 Å². The molecule has 0 N–H and O–H groups in total. The van der Waals surface area contributed by atoms with Gasteiger partial charge in [-0.05, 0) is 17.7 Å². The van der Waals surface area contributed by atoms with Crippen molar-refractivity contribution in [2.75, 3.05) is 6.61 Å². The number of hydrogen-bond donors (Lipinski definition) is 0. The molecule has 1 nitrogen and oxygen atoms in total. The van der Waals surface area contributed by atoms with Crippen LogP contribution in [0.4, 0.5) is 8.78 Å². The lowest BCUT2D eigenvalue weighted by atomic mass is 10.2. The summed E-state index contributed by atoms with van der Waals surface area (Å²) in [5, 5.41) is 10.00. The molecule has 0 bridgehead atoms. The second-order valence-corrected chi connectivity index (χ2v) is 2.27. The molecule has 0 amide bonds. The van der Waals surface area contributed by atoms with Gasteiger partial charge < -0.3 is 0 Å². The highest BCUT2D eigenvalue weighted by Crippen LogP contribution is 2.08. The average Bonchev–Trinajstić information content (AvgIpc) is 1.99. The molecule has 0 spiro atoms. The second kappa shape index (κ2) is 3.97. The number of halogens is 2. The van der Waals surface area contributed by atoms with Crippen molar-refractivity contribution in [3.8, 4) is 0 Å². The molecule has 1 aromatic carbocycles. The Kier molecular flexibility index (Phi) is 2.94. The Labute approximate surface area is 69.0 Å². The fourth-order valence-electron chi connectivity index (χ4n) is 0.856. The van der Waals surface area contributed by atoms with Crippen LogP contribution in [0.5, 0.6) is 0 Å². The van der Waals surface area contributed by atoms with Gasteiger partial charge in [0.2, 0.25) is 0 Å². The first-order valence-electron chi connectivity index (χ1n) is 3.43. The normalized spacial score (nSPS) is 10.9. The van der Waals surface area contributed by atoms with Crippen LogP contribution < -0.4 is 0 Å². The maximum atomic E-state index is 12.5. The minimum atomic E-state index is -0.638. The summed E-state index contributed by atoms with van der Waals surface area (Å²) in [4.78, 5) is 0. The van der Waals surface area contributed by atoms with Gasteiger partial charge in [-0.25, -0.2) is 13.9 Å². The molecule has 12 heavy (non-hydrogen) atoms. The third-order valence-electron chi connectivity index (χ3n) is 1.29. The van der Waals surface area contributed by atoms with Crippen LogP contribution in [0.2, 0.25) is 0 Å². The van der Waals surface area contributed by atoms with E-state index in [2.05, 4.69) is 0 Å². The fraction of sp³-hybridized carbons (Fsp3) is 0.111. The van der Waals surface area contributed by atoms with Crippen molar-refractivity contribution >= 4 is 6.08 Å². The summed E-state index contributed by atoms with van der Waals surface area (Å²) >= 11 is 0. The molecule has 0 aliphatic rings. The first-order valence-corrected chi connectivity index (χ1v) is 3.43. The molecule has 0 aromatic heterocycles. The van der Waals surface area contributed by atoms with Gasteiger partial charge in [0, 0.05) is 6.07 Å². The number of benzene rings is 1. The molecule has 0 aliphatic heterocycles. The predicted molar refractivity (Wildman–Crippen MR) is 40.9 cm³/mol. The average molecular weight is 169 g/mol. The lowest BCUT2D eigenvalue weighted by Crippen LogP contribution is -1.81. The molecule has 3 heteroatoms. The highest BCUT2D eigenvalue weighted by Gasteiger charge is 1.96. The van der Waals surface area contributed by atoms with E-state index in [1.54, 1.807) is 0 Å². The summed E-state index contributed by atoms with van der Waals surface area (Å²) in [6.07, 6.45) is 2.69. The van der Waals surface area contributed by atoms with Gasteiger partial charge in [0.1, 0.15) is 18.2 Å². The van der Waals surface area contributed by atoms with E-state index in [1.165, 1.54) is 12.2 Å². The van der Waals surface area contributed by atoms with Crippen molar-refractivity contribution in [1.29, 1.82) is 0 Å². The first-order chi connectivity index (χ1) is 5.72. The van der Waals surface area contributed by atoms with Gasteiger partial charge in [0.15, 0.2) is 0 Å². The molecular weight excluding hydrogens is 162 g/mol. The van der Waals surface area contributed by atoms with Gasteiger partial charge in [-0.2, -0.15) is 0 Å². The lowest BCUT2D eigenvalue weighted by molar-refractivity contribution is 0.233. The molecular formula is C9H7F2O. The highest BCUT2D eigenvalue weighted by atomic mass is 19.1. The van der Waals surface area contributed by atoms with E-state index in [0.29, 0.717) is 5.56 Å². The molecule has 0 saturated carbocycles. The molecule has 1 aromatic rings. The SMILES string of the molecule is [O]CC=Cc1cc(F)cc(F)c1. The molecule has 0 saturated heterocycles. The number of hydrogen-bond acceptors (Lipinski definition) is 0. The zero-order valence-corrected chi connectivity index (χ0v) is 6.26. The summed E-state index contributed by atoms with van der Waals surface area (Å²) in [6.45, 7) is -0.391. The van der Waals surface area contributed by atoms with E-state index < -0.39 is 18.2 Å². The Morgan fingerprint density at radius 3 is 2.25 bits per heavy atom. The van der Waals surface area contributed by atoms with E-state index in [1.807, 2.05) is 0 Å². The van der Waals surface area contributed by atoms with Crippen LogP contribution in [0.3, 0.4) is 0 Å². The van der Waals surface area contributed by atoms with Crippen molar-refractivity contribution in [3.05, 3.63) is 41.5 Å². The largest absolute Gasteiger partial charge is 0.232 e. The molecule has 0 unspecified atom stereocenters. The zero-order valence-electron chi connectivity index (χ0n) is 6.26. The van der Waals surface area contributed by atoms with Crippen LogP contribution in [0.15, 0.2) is 24.3 Å². The van der Waals surface area contributed by atoms with Crippen LogP contribution in [-0.4, -0.2) is 6.61 Å². The Hall–Kier alpha value is -1.22. The second-order valence-electron chi connectivity index (χ2n) is 2.27. The summed E-state index contributed by atoms with van der Waals surface area (Å²) < 4.78 is 25.0. The third-order valence-corrected chi connectivity index (χ3v) is 1.29. The van der Waals surface area contributed by atoms with Crippen molar-refractivity contribution in [1.82, 2.24) is 0 Å². The van der Waals surface area contributed by atoms with E-state index >= 15 is 0 Å². The molecule has 1 rings (SSSR count). The van der Waals surface area contributed by atoms with Gasteiger partial charge in [-0.15, -0.1) is 0 Å². The zero-order chi connectivity index (χ0) is 8.97. The van der Waals surface area contributed by atoms with Gasteiger partial charge in [0.05, 0.1) is 0 Å². The van der Waals surface area contributed by atoms with Gasteiger partial charge in [-0.1, -0.05) is 12.2 Å². The maximum Gasteiger partial charge on any atom is 0.126 e. The van der Waals surface area contributed by atoms with Gasteiger partial charge in [-0.3, -0.25) is 0 Å². The van der Waals surface area contributed by atoms with E-state index in [-0.39, 0.29) is 0 Å². The first kappa shape index (κ1) is 8.87. The lowest BCUT2D eigenvalue weighted by Gasteiger charge is -1.93. The fourth-order valence-corrected chi connectivity index (χ4v) is 0.856. The monoisotopic (exact) mass is 169 g/mol. The van der Waals surface area contributed by atoms with Crippen LogP contribution in [0.25, 0.3) is 6.08 Å². The molecule has 0 heterocycles. The van der Waals surface area contributed by atoms with Crippen molar-refractivity contribution in [3.63, 3.8) is 0 Å². The van der Waals surface area contributed by atoms with E-state index in [0.717, 1.165) is 18.2 Å². The van der Waals surface area contributed by atoms with Crippen LogP contribution in [-0.2, 0) is 5.11 Å². The molecule has 1 radical (unpaired) electrons. The Bertz CT molecular complexity index is 274. The van der Waals surface area contributed by atoms with Crippen molar-refractivity contribution in [2.45, 2.75) is 0 Å². The highest BCUT2D eigenvalue weighted by molar-refractivity contribution is 5.49. The smallest absolute Gasteiger partial charge is 0.126 e. The van der Waals surface area contributed by atoms with E-state index in [9.17, 15) is 13.9 Å². The summed E-state index contributed by atoms with van der Waals surface area (Å²) in [5.41, 5.74) is 0.364. The quantitative estimate of drug-likeness (QED) is 0.647. The topological polar surface area (TPSA) is 19.9 Å². The maximum absolute atomic E-state index is 12.5. The number of rotatable bonds is 2. The minimum Gasteiger partial charge on any atom is -0.232 e. The molecule has 63 valence electrons. The Balaban J connectivity index is 2.93. The third kappa shape index (κ3) is 2.43. The minimum absolute atomic E-state index is 0.364. The van der Waals surface area contributed by atoms with E-state index in [4.69, 9.17) is 0 Å². The van der Waals surface area contributed by atoms with Crippen LogP contribution in [0, 0.1) is 11.6 Å². The van der Waals surface area contributed by atoms with Crippen LogP contribution in [0.1, 0.15) is 5.56 Å². The summed E-state index contributed by atoms with van der Waals surface area (Å²) in [7, 11) is 0. The van der Waals surface area contributed by atoms with Crippen molar-refractivity contribution < 1.29 is 13.9 Å². The standard InChI is InChI=1S/C9H7F2O/c10-8-4-7(2-1-3-12)5-9(11)6-8/h1-2,4-6H,3H2. The molecule has 0 aliphatic carbocycles. The summed E-state index contributed by atoms with van der Waals surface area (Å²) in [5.74, 6) is -1.28.